The van der Waals surface area contributed by atoms with Crippen molar-refractivity contribution in [1.29, 1.82) is 0 Å². The summed E-state index contributed by atoms with van der Waals surface area (Å²) < 4.78 is 34.2. The lowest BCUT2D eigenvalue weighted by Crippen LogP contribution is -2.35. The van der Waals surface area contributed by atoms with Crippen LogP contribution in [0, 0.1) is 0 Å². The van der Waals surface area contributed by atoms with Gasteiger partial charge in [-0.25, -0.2) is 0 Å². The van der Waals surface area contributed by atoms with E-state index in [0.29, 0.717) is 6.54 Å². The van der Waals surface area contributed by atoms with Crippen molar-refractivity contribution in [3.8, 4) is 0 Å². The smallest absolute Gasteiger partial charge is 0.305 e. The highest BCUT2D eigenvalue weighted by Crippen LogP contribution is 2.11. The Bertz CT molecular complexity index is 81.5. The molecule has 0 spiro atoms. The molecule has 0 aromatic rings. The first kappa shape index (κ1) is 9.71. The van der Waals surface area contributed by atoms with Gasteiger partial charge >= 0.3 is 6.18 Å². The quantitative estimate of drug-likeness (QED) is 0.462. The Hall–Kier alpha value is -0.290. The minimum Gasteiger partial charge on any atom is -0.305 e. The van der Waals surface area contributed by atoms with Gasteiger partial charge in [-0.1, -0.05) is 6.92 Å². The third-order valence-electron chi connectivity index (χ3n) is 0.825. The highest BCUT2D eigenvalue weighted by molar-refractivity contribution is 4.53. The molecule has 0 aliphatic carbocycles. The molecule has 0 aromatic heterocycles. The molecule has 0 amide bonds. The van der Waals surface area contributed by atoms with Crippen molar-refractivity contribution < 1.29 is 13.2 Å². The zero-order chi connectivity index (χ0) is 8.04. The summed E-state index contributed by atoms with van der Waals surface area (Å²) in [6.07, 6.45) is -4.10. The highest BCUT2D eigenvalue weighted by Gasteiger charge is 2.25. The second-order valence-electron chi connectivity index (χ2n) is 1.82. The molecule has 0 radical (unpaired) electrons. The lowest BCUT2D eigenvalue weighted by atomic mass is 10.6. The highest BCUT2D eigenvalue weighted by atomic mass is 19.4. The minimum absolute atomic E-state index is 0.204. The Balaban J connectivity index is 3.04. The fourth-order valence-corrected chi connectivity index (χ4v) is 0.418. The van der Waals surface area contributed by atoms with E-state index in [1.807, 2.05) is 6.92 Å². The number of alkyl halides is 3. The molecular formula is C5H11F3N2. The van der Waals surface area contributed by atoms with E-state index in [9.17, 15) is 13.2 Å². The monoisotopic (exact) mass is 156 g/mol. The second kappa shape index (κ2) is 4.51. The van der Waals surface area contributed by atoms with Crippen molar-refractivity contribution >= 4 is 0 Å². The van der Waals surface area contributed by atoms with Gasteiger partial charge in [0.05, 0.1) is 6.54 Å². The van der Waals surface area contributed by atoms with E-state index in [-0.39, 0.29) is 6.67 Å². The Labute approximate surface area is 57.8 Å². The van der Waals surface area contributed by atoms with Gasteiger partial charge in [-0.2, -0.15) is 13.2 Å². The molecule has 0 unspecified atom stereocenters. The molecule has 0 heterocycles. The maximum absolute atomic E-state index is 11.4. The SMILES string of the molecule is CCNCNCC(F)(F)F. The van der Waals surface area contributed by atoms with Crippen molar-refractivity contribution in [2.45, 2.75) is 13.1 Å². The topological polar surface area (TPSA) is 24.1 Å². The van der Waals surface area contributed by atoms with Crippen LogP contribution in [0.25, 0.3) is 0 Å². The number of halogens is 3. The van der Waals surface area contributed by atoms with Crippen molar-refractivity contribution in [3.05, 3.63) is 0 Å². The van der Waals surface area contributed by atoms with Crippen molar-refractivity contribution in [2.75, 3.05) is 19.8 Å². The van der Waals surface area contributed by atoms with Crippen LogP contribution in [0.15, 0.2) is 0 Å². The van der Waals surface area contributed by atoms with E-state index in [1.165, 1.54) is 0 Å². The van der Waals surface area contributed by atoms with Gasteiger partial charge in [-0.15, -0.1) is 0 Å². The molecule has 0 aromatic carbocycles. The number of rotatable bonds is 4. The Kier molecular flexibility index (Phi) is 4.38. The summed E-state index contributed by atoms with van der Waals surface area (Å²) >= 11 is 0. The average molecular weight is 156 g/mol. The molecule has 0 saturated carbocycles. The van der Waals surface area contributed by atoms with E-state index in [1.54, 1.807) is 0 Å². The predicted octanol–water partition coefficient (Wildman–Crippen LogP) is 0.705. The van der Waals surface area contributed by atoms with Gasteiger partial charge in [0.2, 0.25) is 0 Å². The van der Waals surface area contributed by atoms with Crippen LogP contribution in [-0.4, -0.2) is 25.9 Å². The van der Waals surface area contributed by atoms with Crippen LogP contribution in [0.2, 0.25) is 0 Å². The zero-order valence-corrected chi connectivity index (χ0v) is 5.76. The van der Waals surface area contributed by atoms with Gasteiger partial charge in [-0.3, -0.25) is 5.32 Å². The molecule has 0 fully saturated rings. The van der Waals surface area contributed by atoms with Gasteiger partial charge in [0.25, 0.3) is 0 Å². The largest absolute Gasteiger partial charge is 0.401 e. The standard InChI is InChI=1S/C5H11F3N2/c1-2-9-4-10-3-5(6,7)8/h9-10H,2-4H2,1H3. The number of nitrogens with one attached hydrogen (secondary N) is 2. The summed E-state index contributed by atoms with van der Waals surface area (Å²) in [5.74, 6) is 0. The predicted molar refractivity (Wildman–Crippen MR) is 32.6 cm³/mol. The summed E-state index contributed by atoms with van der Waals surface area (Å²) in [6.45, 7) is 1.77. The fraction of sp³-hybridized carbons (Fsp3) is 1.00. The Morgan fingerprint density at radius 2 is 1.80 bits per heavy atom. The van der Waals surface area contributed by atoms with Crippen molar-refractivity contribution in [1.82, 2.24) is 10.6 Å². The van der Waals surface area contributed by atoms with Gasteiger partial charge in [0.1, 0.15) is 0 Å². The third kappa shape index (κ3) is 7.71. The maximum atomic E-state index is 11.4. The van der Waals surface area contributed by atoms with Crippen molar-refractivity contribution in [2.24, 2.45) is 0 Å². The first-order valence-electron chi connectivity index (χ1n) is 3.04. The van der Waals surface area contributed by atoms with E-state index >= 15 is 0 Å². The molecule has 0 rings (SSSR count). The van der Waals surface area contributed by atoms with Crippen LogP contribution in [0.1, 0.15) is 6.92 Å². The first-order valence-corrected chi connectivity index (χ1v) is 3.04. The Morgan fingerprint density at radius 1 is 1.20 bits per heavy atom. The van der Waals surface area contributed by atoms with E-state index in [0.717, 1.165) is 0 Å². The molecular weight excluding hydrogens is 145 g/mol. The summed E-state index contributed by atoms with van der Waals surface area (Å²) in [7, 11) is 0. The molecule has 62 valence electrons. The van der Waals surface area contributed by atoms with Gasteiger partial charge in [-0.05, 0) is 6.54 Å². The van der Waals surface area contributed by atoms with E-state index < -0.39 is 12.7 Å². The lowest BCUT2D eigenvalue weighted by Gasteiger charge is -2.07. The molecule has 0 bridgehead atoms. The molecule has 0 aliphatic rings. The average Bonchev–Trinajstić information content (AvgIpc) is 1.78. The molecule has 2 N–H and O–H groups in total. The molecule has 0 atom stereocenters. The van der Waals surface area contributed by atoms with Crippen LogP contribution in [0.4, 0.5) is 13.2 Å². The van der Waals surface area contributed by atoms with E-state index in [2.05, 4.69) is 10.6 Å². The van der Waals surface area contributed by atoms with Crippen LogP contribution in [0.3, 0.4) is 0 Å². The van der Waals surface area contributed by atoms with Gasteiger partial charge < -0.3 is 5.32 Å². The van der Waals surface area contributed by atoms with Crippen LogP contribution in [-0.2, 0) is 0 Å². The Morgan fingerprint density at radius 3 is 2.20 bits per heavy atom. The van der Waals surface area contributed by atoms with Gasteiger partial charge in [0, 0.05) is 6.67 Å². The van der Waals surface area contributed by atoms with Gasteiger partial charge in [0.15, 0.2) is 0 Å². The molecule has 0 saturated heterocycles. The summed E-state index contributed by atoms with van der Waals surface area (Å²) in [5, 5.41) is 4.90. The van der Waals surface area contributed by atoms with Crippen LogP contribution < -0.4 is 10.6 Å². The normalized spacial score (nSPS) is 12.0. The first-order chi connectivity index (χ1) is 4.56. The molecule has 0 aliphatic heterocycles. The summed E-state index contributed by atoms with van der Waals surface area (Å²) in [4.78, 5) is 0. The number of hydrogen-bond donors (Lipinski definition) is 2. The van der Waals surface area contributed by atoms with Crippen LogP contribution in [0.5, 0.6) is 0 Å². The molecule has 5 heteroatoms. The van der Waals surface area contributed by atoms with E-state index in [4.69, 9.17) is 0 Å². The second-order valence-corrected chi connectivity index (χ2v) is 1.82. The summed E-state index contributed by atoms with van der Waals surface area (Å²) in [6, 6.07) is 0. The minimum atomic E-state index is -4.10. The fourth-order valence-electron chi connectivity index (χ4n) is 0.418. The molecule has 2 nitrogen and oxygen atoms in total. The van der Waals surface area contributed by atoms with Crippen LogP contribution >= 0.6 is 0 Å². The summed E-state index contributed by atoms with van der Waals surface area (Å²) in [5.41, 5.74) is 0. The zero-order valence-electron chi connectivity index (χ0n) is 5.76. The van der Waals surface area contributed by atoms with Crippen molar-refractivity contribution in [3.63, 3.8) is 0 Å². The number of hydrogen-bond acceptors (Lipinski definition) is 2. The third-order valence-corrected chi connectivity index (χ3v) is 0.825. The lowest BCUT2D eigenvalue weighted by molar-refractivity contribution is -0.124. The maximum Gasteiger partial charge on any atom is 0.401 e. The molecule has 10 heavy (non-hydrogen) atoms.